The largest absolute Gasteiger partial charge is 0.379 e. The van der Waals surface area contributed by atoms with Gasteiger partial charge in [0.15, 0.2) is 0 Å². The molecule has 0 aromatic heterocycles. The second kappa shape index (κ2) is 5.65. The lowest BCUT2D eigenvalue weighted by Gasteiger charge is -2.12. The first-order chi connectivity index (χ1) is 4.70. The lowest BCUT2D eigenvalue weighted by molar-refractivity contribution is -0.0427. The summed E-state index contributed by atoms with van der Waals surface area (Å²) in [6, 6.07) is 0. The highest BCUT2D eigenvalue weighted by molar-refractivity contribution is 4.49. The monoisotopic (exact) mass is 147 g/mol. The van der Waals surface area contributed by atoms with E-state index >= 15 is 0 Å². The van der Waals surface area contributed by atoms with E-state index in [0.29, 0.717) is 6.61 Å². The van der Waals surface area contributed by atoms with Gasteiger partial charge in [-0.3, -0.25) is 0 Å². The molecular formula is C7H15O3. The van der Waals surface area contributed by atoms with E-state index in [9.17, 15) is 5.11 Å². The molecule has 0 aromatic rings. The van der Waals surface area contributed by atoms with Crippen LogP contribution < -0.4 is 0 Å². The van der Waals surface area contributed by atoms with Crippen molar-refractivity contribution in [3.63, 3.8) is 0 Å². The standard InChI is InChI=1S/C7H15O3/c1-6(4-8)10-5-7(2)9-3/h6-7H,4-5H2,1-3H3. The maximum Gasteiger partial charge on any atom is 0.108 e. The fourth-order valence-electron chi connectivity index (χ4n) is 0.416. The van der Waals surface area contributed by atoms with Crippen LogP contribution in [0, 0.1) is 0 Å². The third-order valence-electron chi connectivity index (χ3n) is 1.25. The summed E-state index contributed by atoms with van der Waals surface area (Å²) in [6.07, 6.45) is -0.119. The number of ether oxygens (including phenoxy) is 2. The summed E-state index contributed by atoms with van der Waals surface area (Å²) < 4.78 is 10.0. The molecule has 0 aromatic carbocycles. The van der Waals surface area contributed by atoms with Crippen molar-refractivity contribution in [2.24, 2.45) is 0 Å². The van der Waals surface area contributed by atoms with Gasteiger partial charge in [-0.1, -0.05) is 0 Å². The van der Waals surface area contributed by atoms with Crippen LogP contribution in [0.3, 0.4) is 0 Å². The Balaban J connectivity index is 3.17. The summed E-state index contributed by atoms with van der Waals surface area (Å²) in [4.78, 5) is 0. The minimum Gasteiger partial charge on any atom is -0.379 e. The zero-order valence-corrected chi connectivity index (χ0v) is 6.79. The van der Waals surface area contributed by atoms with Gasteiger partial charge in [0.1, 0.15) is 6.61 Å². The van der Waals surface area contributed by atoms with E-state index in [4.69, 9.17) is 9.47 Å². The molecule has 10 heavy (non-hydrogen) atoms. The summed E-state index contributed by atoms with van der Waals surface area (Å²) in [5, 5.41) is 10.2. The van der Waals surface area contributed by atoms with Crippen LogP contribution in [0.4, 0.5) is 0 Å². The van der Waals surface area contributed by atoms with Crippen molar-refractivity contribution in [1.82, 2.24) is 0 Å². The Kier molecular flexibility index (Phi) is 5.58. The Morgan fingerprint density at radius 3 is 2.30 bits per heavy atom. The molecule has 0 aliphatic rings. The van der Waals surface area contributed by atoms with Crippen molar-refractivity contribution in [1.29, 1.82) is 0 Å². The van der Waals surface area contributed by atoms with Gasteiger partial charge in [0.25, 0.3) is 0 Å². The van der Waals surface area contributed by atoms with Crippen LogP contribution in [-0.4, -0.2) is 32.5 Å². The lowest BCUT2D eigenvalue weighted by atomic mass is 10.4. The quantitative estimate of drug-likeness (QED) is 0.578. The first-order valence-corrected chi connectivity index (χ1v) is 3.43. The lowest BCUT2D eigenvalue weighted by Crippen LogP contribution is -2.20. The molecule has 0 bridgehead atoms. The molecule has 2 atom stereocenters. The van der Waals surface area contributed by atoms with Crippen LogP contribution in [0.25, 0.3) is 0 Å². The zero-order valence-electron chi connectivity index (χ0n) is 6.79. The molecule has 0 heterocycles. The predicted molar refractivity (Wildman–Crippen MR) is 37.4 cm³/mol. The molecule has 3 heteroatoms. The fraction of sp³-hybridized carbons (Fsp3) is 1.00. The van der Waals surface area contributed by atoms with Crippen LogP contribution >= 0.6 is 0 Å². The summed E-state index contributed by atoms with van der Waals surface area (Å²) in [7, 11) is 1.62. The number of rotatable bonds is 5. The molecule has 0 aliphatic carbocycles. The Labute approximate surface area is 62.0 Å². The molecule has 0 saturated heterocycles. The first kappa shape index (κ1) is 9.88. The normalized spacial score (nSPS) is 16.8. The minimum atomic E-state index is -0.197. The van der Waals surface area contributed by atoms with Crippen LogP contribution in [0.1, 0.15) is 13.8 Å². The van der Waals surface area contributed by atoms with E-state index in [2.05, 4.69) is 0 Å². The minimum absolute atomic E-state index is 0.0778. The highest BCUT2D eigenvalue weighted by atomic mass is 16.5. The van der Waals surface area contributed by atoms with E-state index in [-0.39, 0.29) is 18.8 Å². The van der Waals surface area contributed by atoms with E-state index < -0.39 is 0 Å². The molecule has 61 valence electrons. The molecule has 0 saturated carbocycles. The topological polar surface area (TPSA) is 38.4 Å². The highest BCUT2D eigenvalue weighted by Crippen LogP contribution is 1.93. The van der Waals surface area contributed by atoms with Crippen molar-refractivity contribution in [2.75, 3.05) is 20.3 Å². The Morgan fingerprint density at radius 2 is 1.90 bits per heavy atom. The van der Waals surface area contributed by atoms with Crippen LogP contribution in [0.15, 0.2) is 0 Å². The highest BCUT2D eigenvalue weighted by Gasteiger charge is 2.03. The average Bonchev–Trinajstić information content (AvgIpc) is 1.99. The van der Waals surface area contributed by atoms with Gasteiger partial charge in [0, 0.05) is 7.11 Å². The molecule has 0 N–H and O–H groups in total. The van der Waals surface area contributed by atoms with Crippen LogP contribution in [0.2, 0.25) is 0 Å². The third-order valence-corrected chi connectivity index (χ3v) is 1.25. The van der Waals surface area contributed by atoms with Gasteiger partial charge in [-0.2, -0.15) is 0 Å². The maximum absolute atomic E-state index is 10.2. The number of hydrogen-bond acceptors (Lipinski definition) is 2. The molecule has 0 amide bonds. The van der Waals surface area contributed by atoms with Gasteiger partial charge >= 0.3 is 0 Å². The van der Waals surface area contributed by atoms with Crippen molar-refractivity contribution >= 4 is 0 Å². The van der Waals surface area contributed by atoms with Gasteiger partial charge in [-0.25, -0.2) is 5.11 Å². The summed E-state index contributed by atoms with van der Waals surface area (Å²) in [6.45, 7) is 3.98. The SMILES string of the molecule is COC(C)COC(C)C[O]. The number of methoxy groups -OCH3 is 1. The molecule has 0 rings (SSSR count). The van der Waals surface area contributed by atoms with E-state index in [1.165, 1.54) is 0 Å². The Hall–Kier alpha value is -0.120. The molecular weight excluding hydrogens is 132 g/mol. The predicted octanol–water partition coefficient (Wildman–Crippen LogP) is 0.857. The van der Waals surface area contributed by atoms with Crippen molar-refractivity contribution in [2.45, 2.75) is 26.1 Å². The molecule has 0 spiro atoms. The molecule has 3 nitrogen and oxygen atoms in total. The third kappa shape index (κ3) is 4.73. The summed E-state index contributed by atoms with van der Waals surface area (Å²) in [5.41, 5.74) is 0. The first-order valence-electron chi connectivity index (χ1n) is 3.43. The van der Waals surface area contributed by atoms with E-state index in [0.717, 1.165) is 0 Å². The number of hydrogen-bond donors (Lipinski definition) is 0. The van der Waals surface area contributed by atoms with Crippen molar-refractivity contribution < 1.29 is 14.6 Å². The molecule has 0 fully saturated rings. The van der Waals surface area contributed by atoms with Crippen LogP contribution in [0.5, 0.6) is 0 Å². The average molecular weight is 147 g/mol. The Bertz CT molecular complexity index is 65.3. The smallest absolute Gasteiger partial charge is 0.108 e. The second-order valence-corrected chi connectivity index (χ2v) is 2.36. The summed E-state index contributed by atoms with van der Waals surface area (Å²) in [5.74, 6) is 0. The Morgan fingerprint density at radius 1 is 1.30 bits per heavy atom. The van der Waals surface area contributed by atoms with Gasteiger partial charge in [-0.05, 0) is 13.8 Å². The summed E-state index contributed by atoms with van der Waals surface area (Å²) >= 11 is 0. The van der Waals surface area contributed by atoms with E-state index in [1.54, 1.807) is 14.0 Å². The molecule has 0 aliphatic heterocycles. The van der Waals surface area contributed by atoms with E-state index in [1.807, 2.05) is 6.92 Å². The fourth-order valence-corrected chi connectivity index (χ4v) is 0.416. The zero-order chi connectivity index (χ0) is 7.98. The van der Waals surface area contributed by atoms with Crippen LogP contribution in [-0.2, 0) is 14.6 Å². The van der Waals surface area contributed by atoms with Crippen molar-refractivity contribution in [3.8, 4) is 0 Å². The molecule has 2 unspecified atom stereocenters. The van der Waals surface area contributed by atoms with Gasteiger partial charge < -0.3 is 9.47 Å². The van der Waals surface area contributed by atoms with Crippen molar-refractivity contribution in [3.05, 3.63) is 0 Å². The van der Waals surface area contributed by atoms with Gasteiger partial charge in [-0.15, -0.1) is 0 Å². The van der Waals surface area contributed by atoms with Gasteiger partial charge in [0.05, 0.1) is 18.8 Å². The second-order valence-electron chi connectivity index (χ2n) is 2.36. The maximum atomic E-state index is 10.2. The molecule has 1 radical (unpaired) electrons. The van der Waals surface area contributed by atoms with Gasteiger partial charge in [0.2, 0.25) is 0 Å².